The Bertz CT molecular complexity index is 1100. The average Bonchev–Trinajstić information content (AvgIpc) is 2.80. The molecule has 1 amide bonds. The number of nitrogens with one attached hydrogen (secondary N) is 2. The number of ether oxygens (including phenoxy) is 1. The van der Waals surface area contributed by atoms with Gasteiger partial charge in [0.25, 0.3) is 5.56 Å². The quantitative estimate of drug-likeness (QED) is 0.406. The van der Waals surface area contributed by atoms with Crippen LogP contribution in [0, 0.1) is 0 Å². The number of amides is 1. The number of rotatable bonds is 8. The van der Waals surface area contributed by atoms with Gasteiger partial charge in [-0.2, -0.15) is 31.4 Å². The van der Waals surface area contributed by atoms with Crippen LogP contribution in [0.2, 0.25) is 0 Å². The van der Waals surface area contributed by atoms with Crippen molar-refractivity contribution in [3.05, 3.63) is 46.0 Å². The SMILES string of the molecule is CC(COCCC(=O)N1CCN(c2ncccc2C(F)(F)F)CC1)Nc1cn[nH]c(=O)c1C(F)(F)F. The fraction of sp³-hybridized carbons (Fsp3) is 0.524. The number of halogens is 6. The number of hydrogen-bond acceptors (Lipinski definition) is 7. The zero-order chi connectivity index (χ0) is 26.5. The lowest BCUT2D eigenvalue weighted by atomic mass is 10.2. The normalized spacial score (nSPS) is 15.6. The van der Waals surface area contributed by atoms with Crippen LogP contribution < -0.4 is 15.8 Å². The Morgan fingerprint density at radius 3 is 2.50 bits per heavy atom. The lowest BCUT2D eigenvalue weighted by Gasteiger charge is -2.36. The van der Waals surface area contributed by atoms with E-state index in [0.29, 0.717) is 0 Å². The third-order valence-corrected chi connectivity index (χ3v) is 5.39. The molecule has 3 heterocycles. The number of alkyl halides is 6. The van der Waals surface area contributed by atoms with Crippen LogP contribution in [0.1, 0.15) is 24.5 Å². The van der Waals surface area contributed by atoms with Gasteiger partial charge in [-0.05, 0) is 19.1 Å². The van der Waals surface area contributed by atoms with Gasteiger partial charge in [-0.3, -0.25) is 9.59 Å². The predicted octanol–water partition coefficient (Wildman–Crippen LogP) is 2.76. The summed E-state index contributed by atoms with van der Waals surface area (Å²) in [5, 5.41) is 7.64. The van der Waals surface area contributed by atoms with E-state index in [0.717, 1.165) is 12.3 Å². The number of piperazine rings is 1. The molecule has 198 valence electrons. The number of pyridine rings is 1. The van der Waals surface area contributed by atoms with Gasteiger partial charge in [-0.1, -0.05) is 0 Å². The Kier molecular flexibility index (Phi) is 8.43. The first-order valence-electron chi connectivity index (χ1n) is 10.9. The zero-order valence-electron chi connectivity index (χ0n) is 19.1. The van der Waals surface area contributed by atoms with E-state index in [9.17, 15) is 35.9 Å². The van der Waals surface area contributed by atoms with E-state index in [1.54, 1.807) is 5.10 Å². The Labute approximate surface area is 201 Å². The summed E-state index contributed by atoms with van der Waals surface area (Å²) in [6, 6.07) is 1.55. The third kappa shape index (κ3) is 6.86. The number of hydrogen-bond donors (Lipinski definition) is 2. The van der Waals surface area contributed by atoms with Gasteiger partial charge in [0.2, 0.25) is 5.91 Å². The van der Waals surface area contributed by atoms with E-state index in [1.165, 1.54) is 29.0 Å². The first kappa shape index (κ1) is 27.2. The minimum Gasteiger partial charge on any atom is -0.379 e. The van der Waals surface area contributed by atoms with E-state index in [-0.39, 0.29) is 57.5 Å². The maximum Gasteiger partial charge on any atom is 0.423 e. The number of aromatic amines is 1. The highest BCUT2D eigenvalue weighted by atomic mass is 19.4. The largest absolute Gasteiger partial charge is 0.423 e. The Hall–Kier alpha value is -3.36. The molecule has 1 aliphatic heterocycles. The van der Waals surface area contributed by atoms with E-state index in [4.69, 9.17) is 4.74 Å². The van der Waals surface area contributed by atoms with Crippen LogP contribution in [-0.2, 0) is 21.9 Å². The fourth-order valence-corrected chi connectivity index (χ4v) is 3.71. The Morgan fingerprint density at radius 2 is 1.86 bits per heavy atom. The van der Waals surface area contributed by atoms with Crippen molar-refractivity contribution in [1.29, 1.82) is 0 Å². The van der Waals surface area contributed by atoms with Crippen molar-refractivity contribution in [2.75, 3.05) is 49.6 Å². The first-order valence-corrected chi connectivity index (χ1v) is 10.9. The van der Waals surface area contributed by atoms with Crippen LogP contribution in [0.3, 0.4) is 0 Å². The molecule has 1 atom stereocenters. The Morgan fingerprint density at radius 1 is 1.17 bits per heavy atom. The molecule has 2 aromatic rings. The molecule has 0 aliphatic carbocycles. The molecular formula is C21H24F6N6O3. The molecule has 15 heteroatoms. The second-order valence-electron chi connectivity index (χ2n) is 8.10. The third-order valence-electron chi connectivity index (χ3n) is 5.39. The number of H-pyrrole nitrogens is 1. The molecule has 2 N–H and O–H groups in total. The smallest absolute Gasteiger partial charge is 0.379 e. The molecule has 2 aromatic heterocycles. The van der Waals surface area contributed by atoms with E-state index in [1.807, 2.05) is 0 Å². The highest BCUT2D eigenvalue weighted by molar-refractivity contribution is 5.76. The maximum absolute atomic E-state index is 13.2. The van der Waals surface area contributed by atoms with Gasteiger partial charge < -0.3 is 19.9 Å². The topological polar surface area (TPSA) is 103 Å². The lowest BCUT2D eigenvalue weighted by Crippen LogP contribution is -2.49. The Balaban J connectivity index is 1.43. The van der Waals surface area contributed by atoms with Gasteiger partial charge >= 0.3 is 12.4 Å². The summed E-state index contributed by atoms with van der Waals surface area (Å²) < 4.78 is 84.4. The number of anilines is 2. The molecule has 1 saturated heterocycles. The van der Waals surface area contributed by atoms with Crippen molar-refractivity contribution in [3.63, 3.8) is 0 Å². The van der Waals surface area contributed by atoms with E-state index < -0.39 is 40.8 Å². The molecular weight excluding hydrogens is 498 g/mol. The van der Waals surface area contributed by atoms with Crippen molar-refractivity contribution in [2.24, 2.45) is 0 Å². The first-order chi connectivity index (χ1) is 16.9. The highest BCUT2D eigenvalue weighted by Crippen LogP contribution is 2.35. The van der Waals surface area contributed by atoms with Crippen molar-refractivity contribution in [1.82, 2.24) is 20.1 Å². The van der Waals surface area contributed by atoms with Gasteiger partial charge in [0, 0.05) is 38.4 Å². The summed E-state index contributed by atoms with van der Waals surface area (Å²) in [6.07, 6.45) is -7.29. The second kappa shape index (κ2) is 11.1. The van der Waals surface area contributed by atoms with E-state index >= 15 is 0 Å². The fourth-order valence-electron chi connectivity index (χ4n) is 3.71. The molecule has 1 unspecified atom stereocenters. The van der Waals surface area contributed by atoms with Crippen LogP contribution in [0.4, 0.5) is 37.8 Å². The minimum absolute atomic E-state index is 0.00945. The summed E-state index contributed by atoms with van der Waals surface area (Å²) in [5.74, 6) is -0.434. The molecule has 0 bridgehead atoms. The van der Waals surface area contributed by atoms with Gasteiger partial charge in [0.1, 0.15) is 11.4 Å². The zero-order valence-corrected chi connectivity index (χ0v) is 19.1. The van der Waals surface area contributed by atoms with Gasteiger partial charge in [0.15, 0.2) is 0 Å². The summed E-state index contributed by atoms with van der Waals surface area (Å²) in [5.41, 5.74) is -4.09. The van der Waals surface area contributed by atoms with Crippen molar-refractivity contribution in [3.8, 4) is 0 Å². The molecule has 0 radical (unpaired) electrons. The predicted molar refractivity (Wildman–Crippen MR) is 116 cm³/mol. The number of carbonyl (C=O) groups is 1. The maximum atomic E-state index is 13.2. The second-order valence-corrected chi connectivity index (χ2v) is 8.10. The average molecular weight is 522 g/mol. The lowest BCUT2D eigenvalue weighted by molar-refractivity contribution is -0.138. The standard InChI is InChI=1S/C21H24F6N6O3/c1-13(30-15-11-29-31-19(35)17(15)21(25,26)27)12-36-10-4-16(34)32-6-8-33(9-7-32)18-14(20(22,23)24)3-2-5-28-18/h2-3,5,11,13H,4,6-10,12H2,1H3,(H2,30,31,35). The molecule has 1 aliphatic rings. The molecule has 36 heavy (non-hydrogen) atoms. The summed E-state index contributed by atoms with van der Waals surface area (Å²) >= 11 is 0. The van der Waals surface area contributed by atoms with Gasteiger partial charge in [0.05, 0.1) is 37.1 Å². The number of aromatic nitrogens is 3. The van der Waals surface area contributed by atoms with Crippen molar-refractivity contribution in [2.45, 2.75) is 31.7 Å². The van der Waals surface area contributed by atoms with Crippen LogP contribution >= 0.6 is 0 Å². The number of nitrogens with zero attached hydrogens (tertiary/aromatic N) is 4. The molecule has 1 fully saturated rings. The summed E-state index contributed by atoms with van der Waals surface area (Å²) in [6.45, 7) is 2.25. The van der Waals surface area contributed by atoms with Gasteiger partial charge in [-0.15, -0.1) is 0 Å². The van der Waals surface area contributed by atoms with E-state index in [2.05, 4.69) is 15.4 Å². The minimum atomic E-state index is -4.87. The van der Waals surface area contributed by atoms with Crippen molar-refractivity contribution >= 4 is 17.4 Å². The van der Waals surface area contributed by atoms with Crippen LogP contribution in [0.25, 0.3) is 0 Å². The van der Waals surface area contributed by atoms with Crippen LogP contribution in [0.5, 0.6) is 0 Å². The molecule has 3 rings (SSSR count). The summed E-state index contributed by atoms with van der Waals surface area (Å²) in [4.78, 5) is 30.8. The molecule has 0 aromatic carbocycles. The number of carbonyl (C=O) groups excluding carboxylic acids is 1. The summed E-state index contributed by atoms with van der Waals surface area (Å²) in [7, 11) is 0. The molecule has 9 nitrogen and oxygen atoms in total. The molecule has 0 spiro atoms. The van der Waals surface area contributed by atoms with Crippen LogP contribution in [0.15, 0.2) is 29.3 Å². The van der Waals surface area contributed by atoms with Gasteiger partial charge in [-0.25, -0.2) is 10.1 Å². The monoisotopic (exact) mass is 522 g/mol. The van der Waals surface area contributed by atoms with Crippen LogP contribution in [-0.4, -0.2) is 71.4 Å². The van der Waals surface area contributed by atoms with Crippen molar-refractivity contribution < 1.29 is 35.9 Å². The highest BCUT2D eigenvalue weighted by Gasteiger charge is 2.38. The molecule has 0 saturated carbocycles.